The minimum Gasteiger partial charge on any atom is -0.488 e. The highest BCUT2D eigenvalue weighted by molar-refractivity contribution is 5.69. The van der Waals surface area contributed by atoms with Gasteiger partial charge in [0.15, 0.2) is 0 Å². The molecule has 2 aromatic rings. The quantitative estimate of drug-likeness (QED) is 0.482. The van der Waals surface area contributed by atoms with E-state index >= 15 is 0 Å². The Hall–Kier alpha value is -2.73. The summed E-state index contributed by atoms with van der Waals surface area (Å²) >= 11 is 0. The molecule has 3 nitrogen and oxygen atoms in total. The predicted molar refractivity (Wildman–Crippen MR) is 121 cm³/mol. The van der Waals surface area contributed by atoms with Crippen molar-refractivity contribution >= 4 is 5.97 Å². The average molecular weight is 405 g/mol. The van der Waals surface area contributed by atoms with E-state index in [-0.39, 0.29) is 17.0 Å². The maximum Gasteiger partial charge on any atom is 0.306 e. The fourth-order valence-corrected chi connectivity index (χ4v) is 4.30. The van der Waals surface area contributed by atoms with Crippen LogP contribution in [-0.4, -0.2) is 18.2 Å². The fraction of sp³-hybridized carbons (Fsp3) is 0.444. The van der Waals surface area contributed by atoms with Crippen molar-refractivity contribution in [1.82, 2.24) is 0 Å². The summed E-state index contributed by atoms with van der Waals surface area (Å²) in [5.74, 6) is 7.45. The molecule has 0 bridgehead atoms. The predicted octanol–water partition coefficient (Wildman–Crippen LogP) is 5.73. The molecule has 0 N–H and O–H groups in total. The molecule has 0 aromatic heterocycles. The highest BCUT2D eigenvalue weighted by atomic mass is 16.5. The largest absolute Gasteiger partial charge is 0.488 e. The zero-order valence-corrected chi connectivity index (χ0v) is 19.0. The van der Waals surface area contributed by atoms with Gasteiger partial charge in [0.1, 0.15) is 11.4 Å². The van der Waals surface area contributed by atoms with Crippen LogP contribution < -0.4 is 4.74 Å². The number of ether oxygens (including phenoxy) is 2. The molecule has 1 aliphatic heterocycles. The Labute approximate surface area is 180 Å². The molecule has 0 fully saturated rings. The fourth-order valence-electron chi connectivity index (χ4n) is 4.30. The van der Waals surface area contributed by atoms with Crippen molar-refractivity contribution in [2.24, 2.45) is 0 Å². The summed E-state index contributed by atoms with van der Waals surface area (Å²) in [5, 5.41) is 0. The highest BCUT2D eigenvalue weighted by Gasteiger charge is 2.39. The molecule has 30 heavy (non-hydrogen) atoms. The van der Waals surface area contributed by atoms with Gasteiger partial charge in [-0.25, -0.2) is 0 Å². The van der Waals surface area contributed by atoms with E-state index in [4.69, 9.17) is 9.47 Å². The first-order chi connectivity index (χ1) is 14.1. The lowest BCUT2D eigenvalue weighted by Gasteiger charge is -2.42. The van der Waals surface area contributed by atoms with Gasteiger partial charge in [0.25, 0.3) is 0 Å². The van der Waals surface area contributed by atoms with Crippen LogP contribution in [0.4, 0.5) is 0 Å². The Morgan fingerprint density at radius 3 is 2.47 bits per heavy atom. The molecular formula is C27H32O3. The van der Waals surface area contributed by atoms with Gasteiger partial charge in [-0.05, 0) is 81.3 Å². The molecule has 1 aliphatic rings. The zero-order chi connectivity index (χ0) is 21.9. The molecule has 158 valence electrons. The van der Waals surface area contributed by atoms with Crippen LogP contribution in [0.25, 0.3) is 0 Å². The third kappa shape index (κ3) is 5.25. The van der Waals surface area contributed by atoms with E-state index < -0.39 is 0 Å². The third-order valence-corrected chi connectivity index (χ3v) is 5.53. The van der Waals surface area contributed by atoms with Crippen LogP contribution in [0.5, 0.6) is 5.75 Å². The van der Waals surface area contributed by atoms with E-state index in [0.717, 1.165) is 34.4 Å². The van der Waals surface area contributed by atoms with E-state index in [1.807, 2.05) is 31.2 Å². The lowest BCUT2D eigenvalue weighted by molar-refractivity contribution is -0.143. The normalized spacial score (nSPS) is 15.9. The second-order valence-corrected chi connectivity index (χ2v) is 9.34. The van der Waals surface area contributed by atoms with E-state index in [1.165, 1.54) is 5.56 Å². The number of rotatable bonds is 4. The van der Waals surface area contributed by atoms with Crippen LogP contribution in [0, 0.1) is 18.8 Å². The van der Waals surface area contributed by atoms with Crippen molar-refractivity contribution in [3.05, 3.63) is 64.2 Å². The van der Waals surface area contributed by atoms with Crippen molar-refractivity contribution in [3.63, 3.8) is 0 Å². The van der Waals surface area contributed by atoms with Crippen molar-refractivity contribution in [3.8, 4) is 17.6 Å². The number of benzene rings is 2. The van der Waals surface area contributed by atoms with Gasteiger partial charge in [-0.15, -0.1) is 0 Å². The van der Waals surface area contributed by atoms with Gasteiger partial charge >= 0.3 is 5.97 Å². The molecule has 0 radical (unpaired) electrons. The number of aryl methyl sites for hydroxylation is 2. The van der Waals surface area contributed by atoms with E-state index in [1.54, 1.807) is 0 Å². The van der Waals surface area contributed by atoms with Crippen LogP contribution >= 0.6 is 0 Å². The van der Waals surface area contributed by atoms with E-state index in [9.17, 15) is 4.79 Å². The summed E-state index contributed by atoms with van der Waals surface area (Å²) in [6, 6.07) is 12.4. The standard InChI is InChI=1S/C27H32O3/c1-7-29-25(28)15-13-21-10-8-20(9-11-21)12-14-22-17-23-24(16-19(22)2)30-27(5,6)18-26(23,3)4/h8-11,16-17H,7,13,15,18H2,1-6H3. The van der Waals surface area contributed by atoms with Crippen LogP contribution in [0.2, 0.25) is 0 Å². The summed E-state index contributed by atoms with van der Waals surface area (Å²) in [4.78, 5) is 11.5. The molecule has 0 atom stereocenters. The molecular weight excluding hydrogens is 372 g/mol. The van der Waals surface area contributed by atoms with Crippen LogP contribution in [0.15, 0.2) is 36.4 Å². The Bertz CT molecular complexity index is 985. The molecule has 1 heterocycles. The molecule has 2 aromatic carbocycles. The van der Waals surface area contributed by atoms with E-state index in [0.29, 0.717) is 19.4 Å². The summed E-state index contributed by atoms with van der Waals surface area (Å²) in [6.45, 7) is 13.2. The number of hydrogen-bond acceptors (Lipinski definition) is 3. The summed E-state index contributed by atoms with van der Waals surface area (Å²) in [7, 11) is 0. The van der Waals surface area contributed by atoms with Crippen molar-refractivity contribution in [2.75, 3.05) is 6.61 Å². The smallest absolute Gasteiger partial charge is 0.306 e. The Morgan fingerprint density at radius 2 is 1.80 bits per heavy atom. The van der Waals surface area contributed by atoms with Gasteiger partial charge < -0.3 is 9.47 Å². The first kappa shape index (κ1) is 22.0. The lowest BCUT2D eigenvalue weighted by Crippen LogP contribution is -2.41. The second-order valence-electron chi connectivity index (χ2n) is 9.34. The molecule has 0 spiro atoms. The van der Waals surface area contributed by atoms with Crippen LogP contribution in [0.1, 0.15) is 75.3 Å². The van der Waals surface area contributed by atoms with Gasteiger partial charge in [0.2, 0.25) is 0 Å². The highest BCUT2D eigenvalue weighted by Crippen LogP contribution is 2.45. The van der Waals surface area contributed by atoms with Crippen LogP contribution in [0.3, 0.4) is 0 Å². The van der Waals surface area contributed by atoms with Crippen molar-refractivity contribution < 1.29 is 14.3 Å². The minimum atomic E-state index is -0.162. The SMILES string of the molecule is CCOC(=O)CCc1ccc(C#Cc2cc3c(cc2C)OC(C)(C)CC3(C)C)cc1. The summed E-state index contributed by atoms with van der Waals surface area (Å²) in [6.07, 6.45) is 2.06. The van der Waals surface area contributed by atoms with Crippen molar-refractivity contribution in [1.29, 1.82) is 0 Å². The first-order valence-corrected chi connectivity index (χ1v) is 10.7. The molecule has 0 amide bonds. The lowest BCUT2D eigenvalue weighted by atomic mass is 9.73. The monoisotopic (exact) mass is 404 g/mol. The maximum absolute atomic E-state index is 11.5. The molecule has 3 heteroatoms. The molecule has 0 aliphatic carbocycles. The second kappa shape index (κ2) is 8.56. The first-order valence-electron chi connectivity index (χ1n) is 10.7. The zero-order valence-electron chi connectivity index (χ0n) is 19.0. The minimum absolute atomic E-state index is 0.0434. The van der Waals surface area contributed by atoms with Gasteiger partial charge in [0.05, 0.1) is 6.61 Å². The molecule has 0 saturated heterocycles. The van der Waals surface area contributed by atoms with Gasteiger partial charge in [-0.3, -0.25) is 4.79 Å². The summed E-state index contributed by atoms with van der Waals surface area (Å²) in [5.41, 5.74) is 5.35. The number of esters is 1. The average Bonchev–Trinajstić information content (AvgIpc) is 2.64. The summed E-state index contributed by atoms with van der Waals surface area (Å²) < 4.78 is 11.2. The topological polar surface area (TPSA) is 35.5 Å². The van der Waals surface area contributed by atoms with Gasteiger partial charge in [0, 0.05) is 23.1 Å². The van der Waals surface area contributed by atoms with Crippen LogP contribution in [-0.2, 0) is 21.4 Å². The number of hydrogen-bond donors (Lipinski definition) is 0. The molecule has 0 saturated carbocycles. The Balaban J connectivity index is 1.78. The Kier molecular flexibility index (Phi) is 6.27. The number of fused-ring (bicyclic) bond motifs is 1. The Morgan fingerprint density at radius 1 is 1.10 bits per heavy atom. The van der Waals surface area contributed by atoms with Gasteiger partial charge in [-0.1, -0.05) is 37.8 Å². The third-order valence-electron chi connectivity index (χ3n) is 5.53. The molecule has 0 unspecified atom stereocenters. The number of carbonyl (C=O) groups is 1. The number of carbonyl (C=O) groups excluding carboxylic acids is 1. The van der Waals surface area contributed by atoms with Crippen molar-refractivity contribution in [2.45, 2.75) is 71.8 Å². The maximum atomic E-state index is 11.5. The van der Waals surface area contributed by atoms with Gasteiger partial charge in [-0.2, -0.15) is 0 Å². The van der Waals surface area contributed by atoms with E-state index in [2.05, 4.69) is 58.6 Å². The molecule has 3 rings (SSSR count).